The molecule has 2 aromatic carbocycles. The third kappa shape index (κ3) is 4.46. The molecule has 3 nitrogen and oxygen atoms in total. The quantitative estimate of drug-likeness (QED) is 0.719. The van der Waals surface area contributed by atoms with E-state index in [-0.39, 0.29) is 5.75 Å². The first-order valence-corrected chi connectivity index (χ1v) is 10.4. The number of likely N-dealkylation sites (tertiary alicyclic amines) is 1. The molecule has 0 saturated carbocycles. The molecule has 0 radical (unpaired) electrons. The van der Waals surface area contributed by atoms with Gasteiger partial charge in [-0.1, -0.05) is 48.5 Å². The second-order valence-electron chi connectivity index (χ2n) is 6.54. The standard InChI is InChI=1S/C20H25NO2S/c22-24(23,20-11-5-2-6-12-20)16-8-7-14-21-15-13-19(17-21)18-9-3-1-4-10-18/h1-6,9-12,19H,7-8,13-17H2. The Balaban J connectivity index is 1.42. The Hall–Kier alpha value is -1.65. The van der Waals surface area contributed by atoms with Crippen molar-refractivity contribution < 1.29 is 8.42 Å². The second-order valence-corrected chi connectivity index (χ2v) is 8.65. The van der Waals surface area contributed by atoms with E-state index in [1.165, 1.54) is 12.0 Å². The third-order valence-corrected chi connectivity index (χ3v) is 6.60. The topological polar surface area (TPSA) is 37.4 Å². The average molecular weight is 343 g/mol. The fraction of sp³-hybridized carbons (Fsp3) is 0.400. The van der Waals surface area contributed by atoms with Gasteiger partial charge in [0.25, 0.3) is 0 Å². The van der Waals surface area contributed by atoms with Gasteiger partial charge in [-0.15, -0.1) is 0 Å². The zero-order valence-electron chi connectivity index (χ0n) is 14.0. The molecule has 0 N–H and O–H groups in total. The van der Waals surface area contributed by atoms with Crippen LogP contribution in [0.25, 0.3) is 0 Å². The molecule has 4 heteroatoms. The second kappa shape index (κ2) is 7.95. The van der Waals surface area contributed by atoms with E-state index >= 15 is 0 Å². The van der Waals surface area contributed by atoms with Gasteiger partial charge in [0.15, 0.2) is 9.84 Å². The normalized spacial score (nSPS) is 18.8. The Morgan fingerprint density at radius 3 is 2.29 bits per heavy atom. The van der Waals surface area contributed by atoms with Crippen molar-refractivity contribution in [3.8, 4) is 0 Å². The lowest BCUT2D eigenvalue weighted by Crippen LogP contribution is -2.22. The first-order chi connectivity index (χ1) is 11.6. The van der Waals surface area contributed by atoms with Crippen molar-refractivity contribution in [3.05, 3.63) is 66.2 Å². The maximum atomic E-state index is 12.3. The van der Waals surface area contributed by atoms with Gasteiger partial charge in [0.05, 0.1) is 10.6 Å². The van der Waals surface area contributed by atoms with E-state index < -0.39 is 9.84 Å². The molecule has 1 aliphatic rings. The monoisotopic (exact) mass is 343 g/mol. The molecule has 3 rings (SSSR count). The Kier molecular flexibility index (Phi) is 5.69. The lowest BCUT2D eigenvalue weighted by Gasteiger charge is -2.16. The van der Waals surface area contributed by atoms with Gasteiger partial charge < -0.3 is 4.90 Å². The Bertz CT molecular complexity index is 729. The van der Waals surface area contributed by atoms with Crippen LogP contribution >= 0.6 is 0 Å². The maximum absolute atomic E-state index is 12.3. The van der Waals surface area contributed by atoms with Crippen LogP contribution in [0.2, 0.25) is 0 Å². The van der Waals surface area contributed by atoms with Crippen LogP contribution in [0, 0.1) is 0 Å². The summed E-state index contributed by atoms with van der Waals surface area (Å²) in [6, 6.07) is 19.4. The van der Waals surface area contributed by atoms with Crippen LogP contribution in [0.5, 0.6) is 0 Å². The lowest BCUT2D eigenvalue weighted by molar-refractivity contribution is 0.328. The first kappa shape index (κ1) is 17.2. The van der Waals surface area contributed by atoms with Crippen molar-refractivity contribution in [2.75, 3.05) is 25.4 Å². The first-order valence-electron chi connectivity index (χ1n) is 8.70. The molecule has 1 aliphatic heterocycles. The van der Waals surface area contributed by atoms with Crippen molar-refractivity contribution in [1.29, 1.82) is 0 Å². The van der Waals surface area contributed by atoms with Gasteiger partial charge in [0, 0.05) is 6.54 Å². The number of hydrogen-bond donors (Lipinski definition) is 0. The SMILES string of the molecule is O=S(=O)(CCCCN1CCC(c2ccccc2)C1)c1ccccc1. The molecule has 0 spiro atoms. The number of rotatable bonds is 7. The highest BCUT2D eigenvalue weighted by Crippen LogP contribution is 2.27. The van der Waals surface area contributed by atoms with Crippen LogP contribution in [0.3, 0.4) is 0 Å². The van der Waals surface area contributed by atoms with Gasteiger partial charge in [-0.3, -0.25) is 0 Å². The van der Waals surface area contributed by atoms with Crippen LogP contribution in [-0.4, -0.2) is 38.7 Å². The van der Waals surface area contributed by atoms with Crippen molar-refractivity contribution in [1.82, 2.24) is 4.90 Å². The van der Waals surface area contributed by atoms with Crippen molar-refractivity contribution in [2.24, 2.45) is 0 Å². The predicted molar refractivity (Wildman–Crippen MR) is 98.0 cm³/mol. The molecular weight excluding hydrogens is 318 g/mol. The molecule has 0 bridgehead atoms. The summed E-state index contributed by atoms with van der Waals surface area (Å²) >= 11 is 0. The molecule has 0 aromatic heterocycles. The zero-order chi connectivity index (χ0) is 16.8. The fourth-order valence-electron chi connectivity index (χ4n) is 3.41. The summed E-state index contributed by atoms with van der Waals surface area (Å²) in [7, 11) is -3.13. The lowest BCUT2D eigenvalue weighted by atomic mass is 9.99. The maximum Gasteiger partial charge on any atom is 0.178 e. The van der Waals surface area contributed by atoms with Crippen LogP contribution in [0.4, 0.5) is 0 Å². The third-order valence-electron chi connectivity index (χ3n) is 4.78. The molecule has 24 heavy (non-hydrogen) atoms. The highest BCUT2D eigenvalue weighted by molar-refractivity contribution is 7.91. The number of unbranched alkanes of at least 4 members (excludes halogenated alkanes) is 1. The van der Waals surface area contributed by atoms with Crippen molar-refractivity contribution >= 4 is 9.84 Å². The molecule has 1 heterocycles. The summed E-state index contributed by atoms with van der Waals surface area (Å²) in [6.45, 7) is 3.20. The molecule has 1 unspecified atom stereocenters. The minimum Gasteiger partial charge on any atom is -0.303 e. The number of nitrogens with zero attached hydrogens (tertiary/aromatic N) is 1. The highest BCUT2D eigenvalue weighted by Gasteiger charge is 2.23. The summed E-state index contributed by atoms with van der Waals surface area (Å²) in [6.07, 6.45) is 2.86. The minimum absolute atomic E-state index is 0.243. The fourth-order valence-corrected chi connectivity index (χ4v) is 4.80. The van der Waals surface area contributed by atoms with E-state index in [2.05, 4.69) is 35.2 Å². The molecule has 1 saturated heterocycles. The summed E-state index contributed by atoms with van der Waals surface area (Å²) in [5.41, 5.74) is 1.42. The van der Waals surface area contributed by atoms with E-state index in [1.54, 1.807) is 24.3 Å². The minimum atomic E-state index is -3.13. The Morgan fingerprint density at radius 1 is 0.917 bits per heavy atom. The Labute approximate surface area is 145 Å². The molecule has 0 amide bonds. The van der Waals surface area contributed by atoms with Gasteiger partial charge in [-0.2, -0.15) is 0 Å². The zero-order valence-corrected chi connectivity index (χ0v) is 14.8. The van der Waals surface area contributed by atoms with Crippen LogP contribution < -0.4 is 0 Å². The van der Waals surface area contributed by atoms with E-state index in [1.807, 2.05) is 6.07 Å². The van der Waals surface area contributed by atoms with Gasteiger partial charge in [-0.05, 0) is 56.0 Å². The van der Waals surface area contributed by atoms with Crippen LogP contribution in [0.1, 0.15) is 30.7 Å². The molecule has 128 valence electrons. The smallest absolute Gasteiger partial charge is 0.178 e. The van der Waals surface area contributed by atoms with E-state index in [0.29, 0.717) is 10.8 Å². The number of sulfone groups is 1. The van der Waals surface area contributed by atoms with E-state index in [9.17, 15) is 8.42 Å². The summed E-state index contributed by atoms with van der Waals surface area (Å²) in [5.74, 6) is 0.867. The molecule has 1 atom stereocenters. The van der Waals surface area contributed by atoms with Gasteiger partial charge in [0.1, 0.15) is 0 Å². The van der Waals surface area contributed by atoms with Gasteiger partial charge >= 0.3 is 0 Å². The van der Waals surface area contributed by atoms with E-state index in [0.717, 1.165) is 32.5 Å². The number of benzene rings is 2. The summed E-state index contributed by atoms with van der Waals surface area (Å²) in [4.78, 5) is 2.91. The van der Waals surface area contributed by atoms with E-state index in [4.69, 9.17) is 0 Å². The Morgan fingerprint density at radius 2 is 1.58 bits per heavy atom. The molecule has 2 aromatic rings. The van der Waals surface area contributed by atoms with Crippen molar-refractivity contribution in [2.45, 2.75) is 30.1 Å². The highest BCUT2D eigenvalue weighted by atomic mass is 32.2. The average Bonchev–Trinajstić information content (AvgIpc) is 3.09. The molecule has 0 aliphatic carbocycles. The van der Waals surface area contributed by atoms with Crippen LogP contribution in [0.15, 0.2) is 65.6 Å². The number of hydrogen-bond acceptors (Lipinski definition) is 3. The van der Waals surface area contributed by atoms with Gasteiger partial charge in [-0.25, -0.2) is 8.42 Å². The van der Waals surface area contributed by atoms with Crippen LogP contribution in [-0.2, 0) is 9.84 Å². The molecule has 1 fully saturated rings. The summed E-state index contributed by atoms with van der Waals surface area (Å²) < 4.78 is 24.5. The largest absolute Gasteiger partial charge is 0.303 e. The molecular formula is C20H25NO2S. The van der Waals surface area contributed by atoms with Gasteiger partial charge in [0.2, 0.25) is 0 Å². The van der Waals surface area contributed by atoms with Crippen molar-refractivity contribution in [3.63, 3.8) is 0 Å². The predicted octanol–water partition coefficient (Wildman–Crippen LogP) is 3.73. The summed E-state index contributed by atoms with van der Waals surface area (Å²) in [5, 5.41) is 0.